The summed E-state index contributed by atoms with van der Waals surface area (Å²) in [6.45, 7) is 4.10. The summed E-state index contributed by atoms with van der Waals surface area (Å²) in [7, 11) is 1.80. The van der Waals surface area contributed by atoms with E-state index in [-0.39, 0.29) is 0 Å². The average molecular weight is 216 g/mol. The molecular weight excluding hydrogens is 200 g/mol. The third-order valence-corrected chi connectivity index (χ3v) is 2.63. The molecule has 0 aliphatic carbocycles. The van der Waals surface area contributed by atoms with E-state index in [1.54, 1.807) is 7.05 Å². The van der Waals surface area contributed by atoms with Crippen molar-refractivity contribution in [2.75, 3.05) is 12.4 Å². The van der Waals surface area contributed by atoms with Crippen LogP contribution in [0.15, 0.2) is 28.7 Å². The summed E-state index contributed by atoms with van der Waals surface area (Å²) in [5.74, 6) is 0.840. The standard InChI is InChI=1S/C13H16N2O/c1-4-10-5-7-11(8-6-10)12-9(2)15-13(14-3)16-12/h5-8H,4H2,1-3H3,(H,14,15). The number of oxazole rings is 1. The van der Waals surface area contributed by atoms with Gasteiger partial charge in [0.1, 0.15) is 0 Å². The first-order chi connectivity index (χ1) is 7.74. The van der Waals surface area contributed by atoms with Crippen LogP contribution in [-0.2, 0) is 6.42 Å². The Morgan fingerprint density at radius 1 is 1.25 bits per heavy atom. The summed E-state index contributed by atoms with van der Waals surface area (Å²) in [5.41, 5.74) is 3.31. The van der Waals surface area contributed by atoms with Gasteiger partial charge in [-0.1, -0.05) is 31.2 Å². The van der Waals surface area contributed by atoms with Crippen LogP contribution in [0.5, 0.6) is 0 Å². The quantitative estimate of drug-likeness (QED) is 0.855. The van der Waals surface area contributed by atoms with Gasteiger partial charge in [-0.15, -0.1) is 0 Å². The van der Waals surface area contributed by atoms with Crippen molar-refractivity contribution in [2.24, 2.45) is 0 Å². The van der Waals surface area contributed by atoms with E-state index in [9.17, 15) is 0 Å². The van der Waals surface area contributed by atoms with Crippen molar-refractivity contribution in [3.05, 3.63) is 35.5 Å². The van der Waals surface area contributed by atoms with Gasteiger partial charge < -0.3 is 9.73 Å². The molecule has 0 fully saturated rings. The molecule has 2 rings (SSSR count). The van der Waals surface area contributed by atoms with Gasteiger partial charge in [-0.05, 0) is 18.9 Å². The number of nitrogens with one attached hydrogen (secondary N) is 1. The third kappa shape index (κ3) is 1.94. The lowest BCUT2D eigenvalue weighted by atomic mass is 10.1. The number of aryl methyl sites for hydroxylation is 2. The highest BCUT2D eigenvalue weighted by Gasteiger charge is 2.10. The molecule has 0 radical (unpaired) electrons. The fraction of sp³-hybridized carbons (Fsp3) is 0.308. The van der Waals surface area contributed by atoms with Gasteiger partial charge >= 0.3 is 0 Å². The molecule has 1 aromatic heterocycles. The highest BCUT2D eigenvalue weighted by atomic mass is 16.4. The molecule has 0 saturated carbocycles. The van der Waals surface area contributed by atoms with Crippen LogP contribution in [0.4, 0.5) is 6.01 Å². The summed E-state index contributed by atoms with van der Waals surface area (Å²) in [4.78, 5) is 4.27. The molecule has 1 N–H and O–H groups in total. The maximum absolute atomic E-state index is 5.60. The molecule has 0 unspecified atom stereocenters. The fourth-order valence-corrected chi connectivity index (χ4v) is 1.66. The predicted octanol–water partition coefficient (Wildman–Crippen LogP) is 3.25. The molecule has 0 aliphatic heterocycles. The molecule has 1 heterocycles. The molecule has 84 valence electrons. The van der Waals surface area contributed by atoms with Gasteiger partial charge in [0.2, 0.25) is 0 Å². The van der Waals surface area contributed by atoms with Crippen LogP contribution in [0.2, 0.25) is 0 Å². The minimum absolute atomic E-state index is 0.562. The smallest absolute Gasteiger partial charge is 0.295 e. The Kier molecular flexibility index (Phi) is 2.95. The van der Waals surface area contributed by atoms with Crippen molar-refractivity contribution in [1.29, 1.82) is 0 Å². The van der Waals surface area contributed by atoms with Crippen molar-refractivity contribution in [2.45, 2.75) is 20.3 Å². The molecule has 3 heteroatoms. The number of rotatable bonds is 3. The maximum Gasteiger partial charge on any atom is 0.295 e. The lowest BCUT2D eigenvalue weighted by molar-refractivity contribution is 0.589. The fourth-order valence-electron chi connectivity index (χ4n) is 1.66. The van der Waals surface area contributed by atoms with Gasteiger partial charge in [-0.3, -0.25) is 0 Å². The summed E-state index contributed by atoms with van der Waals surface area (Å²) in [5, 5.41) is 2.90. The number of aromatic nitrogens is 1. The molecule has 1 aromatic carbocycles. The summed E-state index contributed by atoms with van der Waals surface area (Å²) in [6.07, 6.45) is 1.05. The van der Waals surface area contributed by atoms with Gasteiger partial charge in [-0.25, -0.2) is 0 Å². The monoisotopic (exact) mass is 216 g/mol. The number of nitrogens with zero attached hydrogens (tertiary/aromatic N) is 1. The second-order valence-electron chi connectivity index (χ2n) is 3.73. The van der Waals surface area contributed by atoms with Crippen molar-refractivity contribution in [3.63, 3.8) is 0 Å². The van der Waals surface area contributed by atoms with E-state index in [4.69, 9.17) is 4.42 Å². The lowest BCUT2D eigenvalue weighted by Crippen LogP contribution is -1.85. The molecular formula is C13H16N2O. The van der Waals surface area contributed by atoms with E-state index >= 15 is 0 Å². The third-order valence-electron chi connectivity index (χ3n) is 2.63. The Balaban J connectivity index is 2.38. The number of benzene rings is 1. The average Bonchev–Trinajstić information content (AvgIpc) is 2.71. The molecule has 3 nitrogen and oxygen atoms in total. The largest absolute Gasteiger partial charge is 0.423 e. The maximum atomic E-state index is 5.60. The van der Waals surface area contributed by atoms with Crippen molar-refractivity contribution < 1.29 is 4.42 Å². The van der Waals surface area contributed by atoms with E-state index in [1.165, 1.54) is 5.56 Å². The number of anilines is 1. The van der Waals surface area contributed by atoms with Crippen LogP contribution < -0.4 is 5.32 Å². The minimum atomic E-state index is 0.562. The first-order valence-electron chi connectivity index (χ1n) is 5.49. The predicted molar refractivity (Wildman–Crippen MR) is 65.6 cm³/mol. The SMILES string of the molecule is CCc1ccc(-c2oc(NC)nc2C)cc1. The zero-order chi connectivity index (χ0) is 11.5. The zero-order valence-electron chi connectivity index (χ0n) is 9.87. The summed E-state index contributed by atoms with van der Waals surface area (Å²) >= 11 is 0. The van der Waals surface area contributed by atoms with E-state index in [0.29, 0.717) is 6.01 Å². The Hall–Kier alpha value is -1.77. The van der Waals surface area contributed by atoms with E-state index in [1.807, 2.05) is 6.92 Å². The van der Waals surface area contributed by atoms with Crippen LogP contribution in [0, 0.1) is 6.92 Å². The van der Waals surface area contributed by atoms with Crippen molar-refractivity contribution in [1.82, 2.24) is 4.98 Å². The normalized spacial score (nSPS) is 10.4. The highest BCUT2D eigenvalue weighted by molar-refractivity contribution is 5.61. The van der Waals surface area contributed by atoms with Gasteiger partial charge in [-0.2, -0.15) is 4.98 Å². The minimum Gasteiger partial charge on any atom is -0.423 e. The van der Waals surface area contributed by atoms with Gasteiger partial charge in [0, 0.05) is 12.6 Å². The van der Waals surface area contributed by atoms with Crippen LogP contribution in [-0.4, -0.2) is 12.0 Å². The van der Waals surface area contributed by atoms with E-state index < -0.39 is 0 Å². The number of hydrogen-bond donors (Lipinski definition) is 1. The molecule has 0 bridgehead atoms. The molecule has 2 aromatic rings. The first-order valence-corrected chi connectivity index (χ1v) is 5.49. The lowest BCUT2D eigenvalue weighted by Gasteiger charge is -2.00. The number of hydrogen-bond acceptors (Lipinski definition) is 3. The van der Waals surface area contributed by atoms with Crippen LogP contribution in [0.3, 0.4) is 0 Å². The molecule has 0 atom stereocenters. The Morgan fingerprint density at radius 2 is 1.94 bits per heavy atom. The van der Waals surface area contributed by atoms with Crippen LogP contribution >= 0.6 is 0 Å². The molecule has 0 saturated heterocycles. The Bertz CT molecular complexity index is 471. The Labute approximate surface area is 95.5 Å². The molecule has 0 spiro atoms. The molecule has 16 heavy (non-hydrogen) atoms. The topological polar surface area (TPSA) is 38.1 Å². The van der Waals surface area contributed by atoms with Gasteiger partial charge in [0.15, 0.2) is 5.76 Å². The zero-order valence-corrected chi connectivity index (χ0v) is 9.87. The van der Waals surface area contributed by atoms with Crippen LogP contribution in [0.25, 0.3) is 11.3 Å². The summed E-state index contributed by atoms with van der Waals surface area (Å²) in [6, 6.07) is 8.96. The molecule has 0 aliphatic rings. The van der Waals surface area contributed by atoms with Gasteiger partial charge in [0.25, 0.3) is 6.01 Å². The van der Waals surface area contributed by atoms with Crippen molar-refractivity contribution >= 4 is 6.01 Å². The van der Waals surface area contributed by atoms with Crippen molar-refractivity contribution in [3.8, 4) is 11.3 Å². The second-order valence-corrected chi connectivity index (χ2v) is 3.73. The second kappa shape index (κ2) is 4.39. The first kappa shape index (κ1) is 10.7. The highest BCUT2D eigenvalue weighted by Crippen LogP contribution is 2.26. The summed E-state index contributed by atoms with van der Waals surface area (Å²) < 4.78 is 5.60. The van der Waals surface area contributed by atoms with E-state index in [2.05, 4.69) is 41.5 Å². The Morgan fingerprint density at radius 3 is 2.44 bits per heavy atom. The van der Waals surface area contributed by atoms with Crippen LogP contribution in [0.1, 0.15) is 18.2 Å². The van der Waals surface area contributed by atoms with E-state index in [0.717, 1.165) is 23.4 Å². The molecule has 0 amide bonds. The van der Waals surface area contributed by atoms with Gasteiger partial charge in [0.05, 0.1) is 5.69 Å².